The summed E-state index contributed by atoms with van der Waals surface area (Å²) < 4.78 is 5.41. The van der Waals surface area contributed by atoms with Crippen LogP contribution in [-0.2, 0) is 9.59 Å². The first-order valence-corrected chi connectivity index (χ1v) is 10.7. The third-order valence-electron chi connectivity index (χ3n) is 4.73. The fourth-order valence-corrected chi connectivity index (χ4v) is 4.16. The zero-order valence-electron chi connectivity index (χ0n) is 16.5. The first-order valence-electron chi connectivity index (χ1n) is 9.76. The summed E-state index contributed by atoms with van der Waals surface area (Å²) in [6, 6.07) is 16.6. The number of amides is 2. The van der Waals surface area contributed by atoms with Gasteiger partial charge in [0.1, 0.15) is 11.9 Å². The van der Waals surface area contributed by atoms with Crippen LogP contribution in [0.25, 0.3) is 0 Å². The molecule has 3 N–H and O–H groups in total. The molecule has 2 atom stereocenters. The number of hydrogen-bond donors (Lipinski definition) is 3. The van der Waals surface area contributed by atoms with Gasteiger partial charge in [-0.1, -0.05) is 30.0 Å². The molecule has 2 heterocycles. The van der Waals surface area contributed by atoms with Crippen molar-refractivity contribution >= 4 is 40.1 Å². The van der Waals surface area contributed by atoms with Crippen LogP contribution in [0.3, 0.4) is 0 Å². The molecule has 2 aromatic rings. The van der Waals surface area contributed by atoms with Gasteiger partial charge in [0.15, 0.2) is 5.17 Å². The monoisotopic (exact) mass is 425 g/mol. The Hall–Kier alpha value is -2.88. The second kappa shape index (κ2) is 9.29. The Balaban J connectivity index is 1.44. The number of ether oxygens (including phenoxy) is 1. The molecule has 0 aliphatic carbocycles. The lowest BCUT2D eigenvalue weighted by atomic mass is 10.1. The third-order valence-corrected chi connectivity index (χ3v) is 5.68. The summed E-state index contributed by atoms with van der Waals surface area (Å²) in [6.45, 7) is 3.03. The zero-order chi connectivity index (χ0) is 20.9. The van der Waals surface area contributed by atoms with Crippen molar-refractivity contribution in [2.45, 2.75) is 13.1 Å². The van der Waals surface area contributed by atoms with Crippen LogP contribution in [0.2, 0.25) is 0 Å². The highest BCUT2D eigenvalue weighted by Gasteiger charge is 2.42. The molecule has 0 saturated carbocycles. The number of rotatable bonds is 6. The van der Waals surface area contributed by atoms with Crippen molar-refractivity contribution in [1.82, 2.24) is 10.9 Å². The minimum atomic E-state index is -0.325. The molecule has 156 valence electrons. The standard InChI is InChI=1S/C21H23N5O3S/c1-2-29-16-10-8-14(9-11-16)23-18(27)13-30-21-24-19-17(12-22-25-19)20(28)26(21)15-6-4-3-5-7-15/h3-11,17,19,22,25H,2,12-13H2,1H3,(H,23,27). The topological polar surface area (TPSA) is 95.1 Å². The number of hydrazine groups is 1. The predicted octanol–water partition coefficient (Wildman–Crippen LogP) is 2.21. The van der Waals surface area contributed by atoms with Crippen molar-refractivity contribution in [2.75, 3.05) is 29.1 Å². The predicted molar refractivity (Wildman–Crippen MR) is 118 cm³/mol. The summed E-state index contributed by atoms with van der Waals surface area (Å²) in [5.41, 5.74) is 7.45. The maximum absolute atomic E-state index is 13.1. The van der Waals surface area contributed by atoms with Crippen LogP contribution in [0.1, 0.15) is 6.92 Å². The minimum Gasteiger partial charge on any atom is -0.494 e. The van der Waals surface area contributed by atoms with E-state index >= 15 is 0 Å². The summed E-state index contributed by atoms with van der Waals surface area (Å²) in [7, 11) is 0. The smallest absolute Gasteiger partial charge is 0.241 e. The summed E-state index contributed by atoms with van der Waals surface area (Å²) >= 11 is 1.24. The molecule has 4 rings (SSSR count). The van der Waals surface area contributed by atoms with Crippen LogP contribution in [0.5, 0.6) is 5.75 Å². The first-order chi connectivity index (χ1) is 14.7. The van der Waals surface area contributed by atoms with E-state index in [0.717, 1.165) is 11.4 Å². The van der Waals surface area contributed by atoms with Gasteiger partial charge >= 0.3 is 0 Å². The van der Waals surface area contributed by atoms with Crippen molar-refractivity contribution in [3.8, 4) is 5.75 Å². The molecule has 8 nitrogen and oxygen atoms in total. The number of fused-ring (bicyclic) bond motifs is 1. The SMILES string of the molecule is CCOc1ccc(NC(=O)CSC2=NC3NNCC3C(=O)N2c2ccccc2)cc1. The lowest BCUT2D eigenvalue weighted by Gasteiger charge is -2.32. The number of hydrogen-bond acceptors (Lipinski definition) is 7. The van der Waals surface area contributed by atoms with Crippen LogP contribution in [0.15, 0.2) is 59.6 Å². The lowest BCUT2D eigenvalue weighted by molar-refractivity contribution is -0.121. The Labute approximate surface area is 179 Å². The summed E-state index contributed by atoms with van der Waals surface area (Å²) in [5, 5.41) is 3.37. The Bertz CT molecular complexity index is 935. The van der Waals surface area contributed by atoms with Crippen molar-refractivity contribution in [3.63, 3.8) is 0 Å². The zero-order valence-corrected chi connectivity index (χ0v) is 17.3. The number of aliphatic imine (C=N–C) groups is 1. The van der Waals surface area contributed by atoms with Crippen molar-refractivity contribution in [2.24, 2.45) is 10.9 Å². The summed E-state index contributed by atoms with van der Waals surface area (Å²) in [4.78, 5) is 31.8. The van der Waals surface area contributed by atoms with Crippen LogP contribution < -0.4 is 25.8 Å². The molecule has 0 bridgehead atoms. The molecule has 2 aliphatic rings. The van der Waals surface area contributed by atoms with Gasteiger partial charge in [0.2, 0.25) is 11.8 Å². The van der Waals surface area contributed by atoms with Crippen molar-refractivity contribution < 1.29 is 14.3 Å². The van der Waals surface area contributed by atoms with Crippen molar-refractivity contribution in [3.05, 3.63) is 54.6 Å². The third kappa shape index (κ3) is 4.48. The molecule has 1 fully saturated rings. The number of anilines is 2. The van der Waals surface area contributed by atoms with E-state index in [1.54, 1.807) is 17.0 Å². The van der Waals surface area contributed by atoms with Crippen LogP contribution in [0, 0.1) is 5.92 Å². The average molecular weight is 426 g/mol. The van der Waals surface area contributed by atoms with E-state index in [9.17, 15) is 9.59 Å². The van der Waals surface area contributed by atoms with Crippen LogP contribution >= 0.6 is 11.8 Å². The second-order valence-corrected chi connectivity index (χ2v) is 7.73. The van der Waals surface area contributed by atoms with E-state index in [0.29, 0.717) is 24.0 Å². The number of nitrogens with zero attached hydrogens (tertiary/aromatic N) is 2. The Kier molecular flexibility index (Phi) is 6.32. The van der Waals surface area contributed by atoms with E-state index in [-0.39, 0.29) is 29.7 Å². The van der Waals surface area contributed by atoms with Gasteiger partial charge in [-0.15, -0.1) is 0 Å². The fraction of sp³-hybridized carbons (Fsp3) is 0.286. The molecule has 30 heavy (non-hydrogen) atoms. The highest BCUT2D eigenvalue weighted by Crippen LogP contribution is 2.29. The van der Waals surface area contributed by atoms with Gasteiger partial charge in [0, 0.05) is 12.2 Å². The molecule has 1 saturated heterocycles. The summed E-state index contributed by atoms with van der Waals surface area (Å²) in [5.74, 6) is 0.408. The quantitative estimate of drug-likeness (QED) is 0.657. The molecular weight excluding hydrogens is 402 g/mol. The normalized spacial score (nSPS) is 20.5. The minimum absolute atomic E-state index is 0.0341. The number of benzene rings is 2. The van der Waals surface area contributed by atoms with Crippen LogP contribution in [0.4, 0.5) is 11.4 Å². The number of nitrogens with one attached hydrogen (secondary N) is 3. The second-order valence-electron chi connectivity index (χ2n) is 6.79. The molecule has 2 aliphatic heterocycles. The molecule has 2 amide bonds. The Morgan fingerprint density at radius 3 is 2.73 bits per heavy atom. The van der Waals surface area contributed by atoms with Gasteiger partial charge in [-0.25, -0.2) is 10.4 Å². The van der Waals surface area contributed by atoms with E-state index in [1.807, 2.05) is 49.4 Å². The average Bonchev–Trinajstić information content (AvgIpc) is 3.24. The number of thioether (sulfide) groups is 1. The molecule has 0 radical (unpaired) electrons. The van der Waals surface area contributed by atoms with Gasteiger partial charge in [0.05, 0.1) is 24.0 Å². The summed E-state index contributed by atoms with van der Waals surface area (Å²) in [6.07, 6.45) is -0.325. The largest absolute Gasteiger partial charge is 0.494 e. The van der Waals surface area contributed by atoms with Crippen LogP contribution in [-0.4, -0.2) is 42.1 Å². The molecule has 9 heteroatoms. The van der Waals surface area contributed by atoms with E-state index < -0.39 is 0 Å². The van der Waals surface area contributed by atoms with E-state index in [4.69, 9.17) is 4.74 Å². The number of carbonyl (C=O) groups excluding carboxylic acids is 2. The highest BCUT2D eigenvalue weighted by atomic mass is 32.2. The molecule has 0 spiro atoms. The Morgan fingerprint density at radius 1 is 1.23 bits per heavy atom. The van der Waals surface area contributed by atoms with Gasteiger partial charge in [0.25, 0.3) is 0 Å². The molecule has 2 aromatic carbocycles. The molecular formula is C21H23N5O3S. The Morgan fingerprint density at radius 2 is 2.00 bits per heavy atom. The molecule has 0 aromatic heterocycles. The van der Waals surface area contributed by atoms with Crippen molar-refractivity contribution in [1.29, 1.82) is 0 Å². The fourth-order valence-electron chi connectivity index (χ4n) is 3.31. The van der Waals surface area contributed by atoms with Gasteiger partial charge in [-0.05, 0) is 43.3 Å². The highest BCUT2D eigenvalue weighted by molar-refractivity contribution is 8.14. The number of carbonyl (C=O) groups is 2. The maximum atomic E-state index is 13.1. The van der Waals surface area contributed by atoms with Gasteiger partial charge in [-0.3, -0.25) is 19.9 Å². The van der Waals surface area contributed by atoms with Gasteiger partial charge < -0.3 is 10.1 Å². The number of amidine groups is 1. The molecule has 2 unspecified atom stereocenters. The van der Waals surface area contributed by atoms with Gasteiger partial charge in [-0.2, -0.15) is 0 Å². The van der Waals surface area contributed by atoms with E-state index in [1.165, 1.54) is 11.8 Å². The first kappa shape index (κ1) is 20.4. The number of para-hydroxylation sites is 1. The lowest BCUT2D eigenvalue weighted by Crippen LogP contribution is -2.49. The van der Waals surface area contributed by atoms with E-state index in [2.05, 4.69) is 21.2 Å². The maximum Gasteiger partial charge on any atom is 0.241 e.